The van der Waals surface area contributed by atoms with E-state index in [1.807, 2.05) is 30.3 Å². The largest absolute Gasteiger partial charge is 0.480 e. The van der Waals surface area contributed by atoms with Crippen molar-refractivity contribution in [3.63, 3.8) is 0 Å². The van der Waals surface area contributed by atoms with E-state index in [0.717, 1.165) is 38.6 Å². The summed E-state index contributed by atoms with van der Waals surface area (Å²) in [4.78, 5) is 32.3. The summed E-state index contributed by atoms with van der Waals surface area (Å²) < 4.78 is 66.9. The molecule has 0 radical (unpaired) electrons. The van der Waals surface area contributed by atoms with Crippen LogP contribution in [0.15, 0.2) is 42.6 Å². The first-order valence-electron chi connectivity index (χ1n) is 16.8. The van der Waals surface area contributed by atoms with E-state index in [1.54, 1.807) is 25.7 Å². The number of carbonyl (C=O) groups excluding carboxylic acids is 2. The number of pyridine rings is 1. The molecule has 50 heavy (non-hydrogen) atoms. The number of fused-ring (bicyclic) bond motifs is 1. The fraction of sp³-hybridized carbons (Fsp3) is 0.486. The standard InChI is InChI=1S/C37H41ClF2N2O8/c1-36(2,3)50-35(44)42-15-10-13-27(42)37(22-11-6-5-7-12-22)20-23-26(49-37)19-25(39)31(38)29(23)30-24(34(43)45-4)21-41-33(32(30)40)48-18-17-47-28-14-8-9-16-46-28/h5-7,11-12,19,21,27-28H,8-10,13-18,20H2,1-4H3/t27-,28?,37-/m0/s1. The number of halogens is 3. The van der Waals surface area contributed by atoms with Gasteiger partial charge in [-0.15, -0.1) is 0 Å². The molecule has 3 aromatic rings. The molecular formula is C37H41ClF2N2O8. The second-order valence-corrected chi connectivity index (χ2v) is 13.9. The number of likely N-dealkylation sites (tertiary alicyclic amines) is 1. The summed E-state index contributed by atoms with van der Waals surface area (Å²) >= 11 is 6.69. The molecule has 1 unspecified atom stereocenters. The number of hydrogen-bond acceptors (Lipinski definition) is 9. The van der Waals surface area contributed by atoms with Crippen LogP contribution in [0.4, 0.5) is 13.6 Å². The Morgan fingerprint density at radius 1 is 1.08 bits per heavy atom. The first-order valence-corrected chi connectivity index (χ1v) is 17.2. The number of nitrogens with zero attached hydrogens (tertiary/aromatic N) is 2. The Hall–Kier alpha value is -4.00. The number of hydrogen-bond donors (Lipinski definition) is 0. The fourth-order valence-electron chi connectivity index (χ4n) is 6.95. The minimum atomic E-state index is -1.24. The summed E-state index contributed by atoms with van der Waals surface area (Å²) in [6.45, 7) is 6.42. The van der Waals surface area contributed by atoms with Crippen molar-refractivity contribution in [3.8, 4) is 22.8 Å². The monoisotopic (exact) mass is 714 g/mol. The van der Waals surface area contributed by atoms with E-state index in [1.165, 1.54) is 0 Å². The zero-order valence-corrected chi connectivity index (χ0v) is 29.3. The van der Waals surface area contributed by atoms with E-state index in [4.69, 9.17) is 40.0 Å². The van der Waals surface area contributed by atoms with Crippen LogP contribution >= 0.6 is 11.6 Å². The number of benzene rings is 2. The fourth-order valence-corrected chi connectivity index (χ4v) is 7.22. The number of rotatable bonds is 9. The van der Waals surface area contributed by atoms with E-state index in [2.05, 4.69) is 4.98 Å². The molecule has 0 saturated carbocycles. The van der Waals surface area contributed by atoms with Crippen molar-refractivity contribution in [1.82, 2.24) is 9.88 Å². The summed E-state index contributed by atoms with van der Waals surface area (Å²) in [7, 11) is 1.14. The maximum absolute atomic E-state index is 16.7. The second kappa shape index (κ2) is 14.7. The minimum absolute atomic E-state index is 0.0550. The van der Waals surface area contributed by atoms with E-state index in [9.17, 15) is 9.59 Å². The third-order valence-electron chi connectivity index (χ3n) is 9.11. The van der Waals surface area contributed by atoms with Crippen LogP contribution in [0.2, 0.25) is 5.02 Å². The van der Waals surface area contributed by atoms with E-state index < -0.39 is 51.8 Å². The Balaban J connectivity index is 1.42. The number of ether oxygens (including phenoxy) is 6. The first kappa shape index (κ1) is 35.8. The smallest absolute Gasteiger partial charge is 0.410 e. The van der Waals surface area contributed by atoms with E-state index >= 15 is 8.78 Å². The highest BCUT2D eigenvalue weighted by Gasteiger charge is 2.54. The Labute approximate surface area is 294 Å². The maximum Gasteiger partial charge on any atom is 0.410 e. The van der Waals surface area contributed by atoms with Crippen LogP contribution < -0.4 is 9.47 Å². The summed E-state index contributed by atoms with van der Waals surface area (Å²) in [5, 5.41) is -0.425. The molecule has 6 rings (SSSR count). The molecule has 0 aliphatic carbocycles. The molecule has 1 aromatic heterocycles. The van der Waals surface area contributed by atoms with Gasteiger partial charge in [0.05, 0.1) is 30.3 Å². The zero-order valence-electron chi connectivity index (χ0n) is 28.6. The highest BCUT2D eigenvalue weighted by Crippen LogP contribution is 2.53. The normalized spacial score (nSPS) is 21.8. The molecule has 2 saturated heterocycles. The van der Waals surface area contributed by atoms with Crippen molar-refractivity contribution in [2.24, 2.45) is 0 Å². The lowest BCUT2D eigenvalue weighted by molar-refractivity contribution is -0.165. The molecule has 3 aliphatic rings. The summed E-state index contributed by atoms with van der Waals surface area (Å²) in [5.41, 5.74) is -1.65. The van der Waals surface area contributed by atoms with Crippen LogP contribution in [0.1, 0.15) is 74.4 Å². The number of aromatic nitrogens is 1. The molecule has 0 spiro atoms. The predicted octanol–water partition coefficient (Wildman–Crippen LogP) is 7.62. The Kier molecular flexibility index (Phi) is 10.5. The van der Waals surface area contributed by atoms with Gasteiger partial charge in [0, 0.05) is 48.5 Å². The Morgan fingerprint density at radius 2 is 1.86 bits per heavy atom. The van der Waals surface area contributed by atoms with Crippen LogP contribution in [0, 0.1) is 11.6 Å². The molecule has 2 fully saturated rings. The molecule has 0 N–H and O–H groups in total. The van der Waals surface area contributed by atoms with Gasteiger partial charge >= 0.3 is 12.1 Å². The SMILES string of the molecule is COC(=O)c1cnc(OCCOC2CCCCO2)c(F)c1-c1c(Cl)c(F)cc2c1C[C@](c1ccccc1)([C@@H]1CCCN1C(=O)OC(C)(C)C)O2. The second-order valence-electron chi connectivity index (χ2n) is 13.6. The highest BCUT2D eigenvalue weighted by molar-refractivity contribution is 6.34. The quantitative estimate of drug-likeness (QED) is 0.164. The summed E-state index contributed by atoms with van der Waals surface area (Å²) in [6.07, 6.45) is 4.21. The van der Waals surface area contributed by atoms with Crippen LogP contribution in [0.5, 0.6) is 11.6 Å². The van der Waals surface area contributed by atoms with E-state index in [0.29, 0.717) is 37.1 Å². The van der Waals surface area contributed by atoms with Gasteiger partial charge in [0.15, 0.2) is 17.7 Å². The topological polar surface area (TPSA) is 106 Å². The van der Waals surface area contributed by atoms with Gasteiger partial charge in [-0.1, -0.05) is 41.9 Å². The Morgan fingerprint density at radius 3 is 2.56 bits per heavy atom. The van der Waals surface area contributed by atoms with Gasteiger partial charge in [0.25, 0.3) is 5.88 Å². The van der Waals surface area contributed by atoms with Crippen LogP contribution in [-0.4, -0.2) is 73.4 Å². The van der Waals surface area contributed by atoms with Gasteiger partial charge in [0.2, 0.25) is 0 Å². The first-order chi connectivity index (χ1) is 23.9. The molecule has 2 aromatic carbocycles. The average molecular weight is 715 g/mol. The lowest BCUT2D eigenvalue weighted by atomic mass is 9.80. The molecular weight excluding hydrogens is 674 g/mol. The minimum Gasteiger partial charge on any atom is -0.480 e. The van der Waals surface area contributed by atoms with Gasteiger partial charge in [0.1, 0.15) is 23.8 Å². The molecule has 10 nitrogen and oxygen atoms in total. The van der Waals surface area contributed by atoms with E-state index in [-0.39, 0.29) is 48.4 Å². The maximum atomic E-state index is 16.7. The summed E-state index contributed by atoms with van der Waals surface area (Å²) in [5.74, 6) is -3.18. The lowest BCUT2D eigenvalue weighted by Gasteiger charge is -2.40. The van der Waals surface area contributed by atoms with Crippen LogP contribution in [0.25, 0.3) is 11.1 Å². The van der Waals surface area contributed by atoms with Crippen molar-refractivity contribution in [2.45, 2.75) is 82.8 Å². The van der Waals surface area contributed by atoms with Gasteiger partial charge < -0.3 is 33.3 Å². The molecule has 3 atom stereocenters. The molecule has 268 valence electrons. The van der Waals surface area contributed by atoms with Crippen molar-refractivity contribution in [2.75, 3.05) is 33.5 Å². The highest BCUT2D eigenvalue weighted by atomic mass is 35.5. The van der Waals surface area contributed by atoms with Gasteiger partial charge in [-0.3, -0.25) is 0 Å². The van der Waals surface area contributed by atoms with Crippen LogP contribution in [-0.2, 0) is 31.0 Å². The average Bonchev–Trinajstić information content (AvgIpc) is 3.74. The molecule has 13 heteroatoms. The number of esters is 1. The number of methoxy groups -OCH3 is 1. The number of carbonyl (C=O) groups is 2. The van der Waals surface area contributed by atoms with Crippen LogP contribution in [0.3, 0.4) is 0 Å². The van der Waals surface area contributed by atoms with Gasteiger partial charge in [-0.05, 0) is 58.4 Å². The molecule has 3 aliphatic heterocycles. The Bertz CT molecular complexity index is 1730. The van der Waals surface area contributed by atoms with Crippen molar-refractivity contribution < 1.29 is 46.8 Å². The third kappa shape index (κ3) is 7.11. The lowest BCUT2D eigenvalue weighted by Crippen LogP contribution is -2.53. The van der Waals surface area contributed by atoms with Crippen molar-refractivity contribution in [1.29, 1.82) is 0 Å². The number of amides is 1. The van der Waals surface area contributed by atoms with Gasteiger partial charge in [-0.25, -0.2) is 23.4 Å². The summed E-state index contributed by atoms with van der Waals surface area (Å²) in [6, 6.07) is 9.88. The van der Waals surface area contributed by atoms with Gasteiger partial charge in [-0.2, -0.15) is 0 Å². The zero-order chi connectivity index (χ0) is 35.6. The molecule has 4 heterocycles. The predicted molar refractivity (Wildman–Crippen MR) is 179 cm³/mol. The van der Waals surface area contributed by atoms with Crippen molar-refractivity contribution >= 4 is 23.7 Å². The third-order valence-corrected chi connectivity index (χ3v) is 9.48. The van der Waals surface area contributed by atoms with Crippen molar-refractivity contribution in [3.05, 3.63) is 75.9 Å². The molecule has 0 bridgehead atoms. The molecule has 1 amide bonds.